The van der Waals surface area contributed by atoms with Crippen molar-refractivity contribution < 1.29 is 17.9 Å². The second-order valence-electron chi connectivity index (χ2n) is 2.35. The van der Waals surface area contributed by atoms with Crippen LogP contribution >= 0.6 is 0 Å². The van der Waals surface area contributed by atoms with Crippen molar-refractivity contribution in [2.45, 2.75) is 6.18 Å². The molecule has 1 rings (SSSR count). The topological polar surface area (TPSA) is 24.8 Å². The van der Waals surface area contributed by atoms with Crippen molar-refractivity contribution >= 4 is 6.21 Å². The van der Waals surface area contributed by atoms with E-state index in [9.17, 15) is 13.2 Å². The zero-order valence-electron chi connectivity index (χ0n) is 6.34. The van der Waals surface area contributed by atoms with Crippen molar-refractivity contribution in [3.8, 4) is 0 Å². The molecule has 12 heavy (non-hydrogen) atoms. The molecule has 0 aromatic heterocycles. The first kappa shape index (κ1) is 9.31. The third kappa shape index (κ3) is 3.56. The van der Waals surface area contributed by atoms with Gasteiger partial charge in [0.15, 0.2) is 0 Å². The van der Waals surface area contributed by atoms with Gasteiger partial charge in [-0.15, -0.1) is 0 Å². The highest BCUT2D eigenvalue weighted by atomic mass is 19.4. The number of alkyl halides is 3. The number of ether oxygens (including phenoxy) is 1. The smallest absolute Gasteiger partial charge is 0.378 e. The fourth-order valence-corrected chi connectivity index (χ4v) is 0.816. The molecule has 0 amide bonds. The second kappa shape index (κ2) is 3.75. The minimum Gasteiger partial charge on any atom is -0.378 e. The molecule has 0 N–H and O–H groups in total. The Bertz CT molecular complexity index is 163. The molecule has 0 spiro atoms. The Kier molecular flexibility index (Phi) is 2.91. The van der Waals surface area contributed by atoms with Gasteiger partial charge in [-0.1, -0.05) is 0 Å². The molecule has 0 saturated carbocycles. The van der Waals surface area contributed by atoms with E-state index in [-0.39, 0.29) is 6.21 Å². The van der Waals surface area contributed by atoms with Crippen LogP contribution in [0, 0.1) is 0 Å². The molecule has 0 bridgehead atoms. The Balaban J connectivity index is 2.33. The van der Waals surface area contributed by atoms with Gasteiger partial charge in [0, 0.05) is 0 Å². The van der Waals surface area contributed by atoms with E-state index in [1.807, 2.05) is 0 Å². The monoisotopic (exact) mass is 182 g/mol. The summed E-state index contributed by atoms with van der Waals surface area (Å²) in [6, 6.07) is 0. The van der Waals surface area contributed by atoms with E-state index in [0.717, 1.165) is 0 Å². The molecule has 1 heterocycles. The Morgan fingerprint density at radius 2 is 1.83 bits per heavy atom. The summed E-state index contributed by atoms with van der Waals surface area (Å²) in [5.74, 6) is 0. The molecule has 1 aliphatic rings. The van der Waals surface area contributed by atoms with Crippen LogP contribution in [0.3, 0.4) is 0 Å². The summed E-state index contributed by atoms with van der Waals surface area (Å²) in [6.07, 6.45) is -4.32. The van der Waals surface area contributed by atoms with Gasteiger partial charge in [0.1, 0.15) is 6.21 Å². The van der Waals surface area contributed by atoms with E-state index in [1.165, 1.54) is 5.01 Å². The third-order valence-electron chi connectivity index (χ3n) is 1.35. The van der Waals surface area contributed by atoms with Gasteiger partial charge in [0.2, 0.25) is 0 Å². The summed E-state index contributed by atoms with van der Waals surface area (Å²) >= 11 is 0. The lowest BCUT2D eigenvalue weighted by atomic mass is 10.5. The Morgan fingerprint density at radius 1 is 1.25 bits per heavy atom. The van der Waals surface area contributed by atoms with Crippen molar-refractivity contribution in [2.75, 3.05) is 26.3 Å². The van der Waals surface area contributed by atoms with Gasteiger partial charge in [-0.05, 0) is 0 Å². The molecule has 1 fully saturated rings. The van der Waals surface area contributed by atoms with Gasteiger partial charge in [0.25, 0.3) is 0 Å². The van der Waals surface area contributed by atoms with Crippen LogP contribution in [0.25, 0.3) is 0 Å². The first-order chi connectivity index (χ1) is 5.58. The molecule has 70 valence electrons. The van der Waals surface area contributed by atoms with Crippen LogP contribution in [0.15, 0.2) is 5.10 Å². The van der Waals surface area contributed by atoms with Gasteiger partial charge < -0.3 is 4.74 Å². The zero-order valence-corrected chi connectivity index (χ0v) is 6.34. The summed E-state index contributed by atoms with van der Waals surface area (Å²) in [7, 11) is 0. The van der Waals surface area contributed by atoms with Crippen LogP contribution in [0.1, 0.15) is 0 Å². The maximum Gasteiger partial charge on any atom is 0.428 e. The van der Waals surface area contributed by atoms with Gasteiger partial charge in [0.05, 0.1) is 26.3 Å². The number of hydrogen-bond donors (Lipinski definition) is 0. The number of hydrogen-bond acceptors (Lipinski definition) is 3. The molecule has 0 atom stereocenters. The zero-order chi connectivity index (χ0) is 9.03. The molecule has 1 saturated heterocycles. The minimum absolute atomic E-state index is 0.00167. The van der Waals surface area contributed by atoms with E-state index in [2.05, 4.69) is 5.10 Å². The fraction of sp³-hybridized carbons (Fsp3) is 0.833. The quantitative estimate of drug-likeness (QED) is 0.562. The molecule has 0 aromatic rings. The number of rotatable bonds is 1. The lowest BCUT2D eigenvalue weighted by Crippen LogP contribution is -2.33. The summed E-state index contributed by atoms with van der Waals surface area (Å²) in [4.78, 5) is 0. The number of halogens is 3. The molecular weight excluding hydrogens is 173 g/mol. The second-order valence-corrected chi connectivity index (χ2v) is 2.35. The van der Waals surface area contributed by atoms with Crippen LogP contribution in [0.5, 0.6) is 0 Å². The maximum absolute atomic E-state index is 11.6. The molecule has 1 aliphatic heterocycles. The lowest BCUT2D eigenvalue weighted by molar-refractivity contribution is -0.0558. The Labute approximate surface area is 67.8 Å². The SMILES string of the molecule is FC(F)(F)/C=N/N1CCOCC1. The molecular formula is C6H9F3N2O. The largest absolute Gasteiger partial charge is 0.428 e. The van der Waals surface area contributed by atoms with Crippen molar-refractivity contribution in [1.82, 2.24) is 5.01 Å². The van der Waals surface area contributed by atoms with E-state index in [4.69, 9.17) is 4.74 Å². The average Bonchev–Trinajstić information content (AvgIpc) is 2.02. The summed E-state index contributed by atoms with van der Waals surface area (Å²) in [5.41, 5.74) is 0. The lowest BCUT2D eigenvalue weighted by Gasteiger charge is -2.23. The predicted molar refractivity (Wildman–Crippen MR) is 36.9 cm³/mol. The Morgan fingerprint density at radius 3 is 2.33 bits per heavy atom. The minimum atomic E-state index is -4.32. The van der Waals surface area contributed by atoms with Gasteiger partial charge in [-0.3, -0.25) is 5.01 Å². The molecule has 0 aliphatic carbocycles. The highest BCUT2D eigenvalue weighted by Gasteiger charge is 2.24. The third-order valence-corrected chi connectivity index (χ3v) is 1.35. The van der Waals surface area contributed by atoms with E-state index in [1.54, 1.807) is 0 Å². The Hall–Kier alpha value is -0.780. The van der Waals surface area contributed by atoms with Crippen LogP contribution in [0.4, 0.5) is 13.2 Å². The molecule has 3 nitrogen and oxygen atoms in total. The van der Waals surface area contributed by atoms with Crippen LogP contribution in [-0.2, 0) is 4.74 Å². The summed E-state index contributed by atoms with van der Waals surface area (Å²) in [6.45, 7) is 1.73. The molecule has 0 radical (unpaired) electrons. The number of morpholine rings is 1. The number of hydrazone groups is 1. The predicted octanol–water partition coefficient (Wildman–Crippen LogP) is 0.867. The molecule has 0 aromatic carbocycles. The van der Waals surface area contributed by atoms with Crippen molar-refractivity contribution in [3.63, 3.8) is 0 Å². The molecule has 6 heteroatoms. The summed E-state index contributed by atoms with van der Waals surface area (Å²) in [5, 5.41) is 4.60. The van der Waals surface area contributed by atoms with E-state index < -0.39 is 6.18 Å². The number of nitrogens with zero attached hydrogens (tertiary/aromatic N) is 2. The van der Waals surface area contributed by atoms with Crippen molar-refractivity contribution in [1.29, 1.82) is 0 Å². The van der Waals surface area contributed by atoms with E-state index >= 15 is 0 Å². The van der Waals surface area contributed by atoms with Crippen LogP contribution < -0.4 is 0 Å². The van der Waals surface area contributed by atoms with Crippen LogP contribution in [0.2, 0.25) is 0 Å². The highest BCUT2D eigenvalue weighted by Crippen LogP contribution is 2.11. The fourth-order valence-electron chi connectivity index (χ4n) is 0.816. The van der Waals surface area contributed by atoms with Gasteiger partial charge in [-0.2, -0.15) is 18.3 Å². The first-order valence-electron chi connectivity index (χ1n) is 3.52. The van der Waals surface area contributed by atoms with Crippen LogP contribution in [-0.4, -0.2) is 43.7 Å². The average molecular weight is 182 g/mol. The van der Waals surface area contributed by atoms with E-state index in [0.29, 0.717) is 26.3 Å². The summed E-state index contributed by atoms with van der Waals surface area (Å²) < 4.78 is 39.7. The van der Waals surface area contributed by atoms with Crippen molar-refractivity contribution in [2.24, 2.45) is 5.10 Å². The van der Waals surface area contributed by atoms with Gasteiger partial charge >= 0.3 is 6.18 Å². The normalized spacial score (nSPS) is 20.4. The standard InChI is InChI=1S/C6H9F3N2O/c7-6(8,9)5-10-11-1-3-12-4-2-11/h5H,1-4H2/b10-5+. The van der Waals surface area contributed by atoms with Crippen molar-refractivity contribution in [3.05, 3.63) is 0 Å². The first-order valence-corrected chi connectivity index (χ1v) is 3.52. The molecule has 0 unspecified atom stereocenters. The highest BCUT2D eigenvalue weighted by molar-refractivity contribution is 5.63. The maximum atomic E-state index is 11.6. The van der Waals surface area contributed by atoms with Gasteiger partial charge in [-0.25, -0.2) is 0 Å².